The van der Waals surface area contributed by atoms with Crippen LogP contribution in [0.25, 0.3) is 0 Å². The highest BCUT2D eigenvalue weighted by Gasteiger charge is 2.08. The summed E-state index contributed by atoms with van der Waals surface area (Å²) in [6, 6.07) is 5.24. The van der Waals surface area contributed by atoms with E-state index in [0.717, 1.165) is 9.32 Å². The van der Waals surface area contributed by atoms with Crippen molar-refractivity contribution in [1.82, 2.24) is 0 Å². The van der Waals surface area contributed by atoms with E-state index in [9.17, 15) is 4.79 Å². The van der Waals surface area contributed by atoms with E-state index in [1.54, 1.807) is 18.2 Å². The molecule has 0 saturated carbocycles. The Morgan fingerprint density at radius 1 is 1.41 bits per heavy atom. The summed E-state index contributed by atoms with van der Waals surface area (Å²) in [5, 5.41) is 0. The van der Waals surface area contributed by atoms with Crippen LogP contribution in [0.15, 0.2) is 29.8 Å². The molecule has 0 spiro atoms. The molecule has 0 heterocycles. The van der Waals surface area contributed by atoms with E-state index in [-0.39, 0.29) is 5.97 Å². The van der Waals surface area contributed by atoms with Crippen molar-refractivity contribution in [3.05, 3.63) is 39.0 Å². The van der Waals surface area contributed by atoms with Gasteiger partial charge in [-0.15, -0.1) is 0 Å². The molecule has 0 aliphatic rings. The third kappa shape index (κ3) is 4.38. The lowest BCUT2D eigenvalue weighted by atomic mass is 10.2. The van der Waals surface area contributed by atoms with Gasteiger partial charge in [0.25, 0.3) is 0 Å². The number of carbonyl (C=O) groups excluding carboxylic acids is 1. The van der Waals surface area contributed by atoms with E-state index in [0.29, 0.717) is 12.2 Å². The number of allylic oxidation sites excluding steroid dienone is 1. The predicted molar refractivity (Wildman–Crippen MR) is 75.4 cm³/mol. The van der Waals surface area contributed by atoms with Gasteiger partial charge in [-0.25, -0.2) is 4.79 Å². The highest BCUT2D eigenvalue weighted by molar-refractivity contribution is 14.1. The van der Waals surface area contributed by atoms with E-state index in [2.05, 4.69) is 27.3 Å². The molecule has 1 aromatic rings. The molecule has 0 fully saturated rings. The number of halogens is 1. The van der Waals surface area contributed by atoms with Gasteiger partial charge in [0.1, 0.15) is 12.4 Å². The fourth-order valence-electron chi connectivity index (χ4n) is 1.16. The van der Waals surface area contributed by atoms with Crippen LogP contribution in [0.4, 0.5) is 0 Å². The van der Waals surface area contributed by atoms with Gasteiger partial charge in [-0.3, -0.25) is 0 Å². The topological polar surface area (TPSA) is 35.5 Å². The van der Waals surface area contributed by atoms with E-state index < -0.39 is 0 Å². The zero-order chi connectivity index (χ0) is 12.8. The van der Waals surface area contributed by atoms with Crippen LogP contribution in [0, 0.1) is 3.57 Å². The standard InChI is InChI=1S/C13H15IO3/c1-9(2)6-7-17-12-5-4-10(8-11(12)14)13(15)16-3/h4-6,8H,7H2,1-3H3. The Morgan fingerprint density at radius 3 is 2.65 bits per heavy atom. The molecule has 0 N–H and O–H groups in total. The normalized spacial score (nSPS) is 9.65. The Morgan fingerprint density at radius 2 is 2.12 bits per heavy atom. The van der Waals surface area contributed by atoms with Crippen molar-refractivity contribution in [2.24, 2.45) is 0 Å². The third-order valence-electron chi connectivity index (χ3n) is 2.08. The molecule has 0 aliphatic carbocycles. The lowest BCUT2D eigenvalue weighted by molar-refractivity contribution is 0.0600. The van der Waals surface area contributed by atoms with E-state index in [1.807, 2.05) is 19.9 Å². The molecule has 0 amide bonds. The molecular weight excluding hydrogens is 331 g/mol. The van der Waals surface area contributed by atoms with Gasteiger partial charge in [0.2, 0.25) is 0 Å². The van der Waals surface area contributed by atoms with Crippen LogP contribution in [-0.2, 0) is 4.74 Å². The summed E-state index contributed by atoms with van der Waals surface area (Å²) in [5.41, 5.74) is 1.75. The van der Waals surface area contributed by atoms with Gasteiger partial charge in [0, 0.05) is 0 Å². The first-order valence-corrected chi connectivity index (χ1v) is 6.26. The maximum atomic E-state index is 11.3. The van der Waals surface area contributed by atoms with Crippen molar-refractivity contribution >= 4 is 28.6 Å². The molecule has 3 nitrogen and oxygen atoms in total. The van der Waals surface area contributed by atoms with Crippen LogP contribution in [0.2, 0.25) is 0 Å². The lowest BCUT2D eigenvalue weighted by Crippen LogP contribution is -2.03. The van der Waals surface area contributed by atoms with Crippen molar-refractivity contribution in [2.45, 2.75) is 13.8 Å². The summed E-state index contributed by atoms with van der Waals surface area (Å²) in [6.45, 7) is 4.58. The first-order valence-electron chi connectivity index (χ1n) is 5.18. The molecule has 0 radical (unpaired) electrons. The smallest absolute Gasteiger partial charge is 0.337 e. The maximum Gasteiger partial charge on any atom is 0.337 e. The number of ether oxygens (including phenoxy) is 2. The quantitative estimate of drug-likeness (QED) is 0.476. The lowest BCUT2D eigenvalue weighted by Gasteiger charge is -2.07. The van der Waals surface area contributed by atoms with Crippen molar-refractivity contribution in [3.8, 4) is 5.75 Å². The summed E-state index contributed by atoms with van der Waals surface area (Å²) in [4.78, 5) is 11.3. The number of hydrogen-bond acceptors (Lipinski definition) is 3. The highest BCUT2D eigenvalue weighted by Crippen LogP contribution is 2.22. The summed E-state index contributed by atoms with van der Waals surface area (Å²) in [6.07, 6.45) is 2.00. The largest absolute Gasteiger partial charge is 0.488 e. The van der Waals surface area contributed by atoms with E-state index >= 15 is 0 Å². The number of rotatable bonds is 4. The van der Waals surface area contributed by atoms with Crippen molar-refractivity contribution in [1.29, 1.82) is 0 Å². The zero-order valence-electron chi connectivity index (χ0n) is 10.1. The Kier molecular flexibility index (Phi) is 5.47. The minimum Gasteiger partial charge on any atom is -0.488 e. The van der Waals surface area contributed by atoms with Crippen molar-refractivity contribution in [2.75, 3.05) is 13.7 Å². The molecule has 4 heteroatoms. The van der Waals surface area contributed by atoms with Crippen LogP contribution in [0.1, 0.15) is 24.2 Å². The second-order valence-corrected chi connectivity index (χ2v) is 4.89. The van der Waals surface area contributed by atoms with Crippen LogP contribution in [0.5, 0.6) is 5.75 Å². The first-order chi connectivity index (χ1) is 8.04. The van der Waals surface area contributed by atoms with Crippen LogP contribution < -0.4 is 4.74 Å². The molecular formula is C13H15IO3. The molecule has 0 aliphatic heterocycles. The van der Waals surface area contributed by atoms with Gasteiger partial charge in [-0.1, -0.05) is 5.57 Å². The maximum absolute atomic E-state index is 11.3. The second kappa shape index (κ2) is 6.64. The third-order valence-corrected chi connectivity index (χ3v) is 2.93. The average Bonchev–Trinajstić information content (AvgIpc) is 2.29. The van der Waals surface area contributed by atoms with Gasteiger partial charge in [0.05, 0.1) is 16.2 Å². The number of methoxy groups -OCH3 is 1. The zero-order valence-corrected chi connectivity index (χ0v) is 12.3. The number of carbonyl (C=O) groups is 1. The SMILES string of the molecule is COC(=O)c1ccc(OCC=C(C)C)c(I)c1. The van der Waals surface area contributed by atoms with E-state index in [4.69, 9.17) is 4.74 Å². The molecule has 1 rings (SSSR count). The Labute approximate surface area is 115 Å². The summed E-state index contributed by atoms with van der Waals surface area (Å²) in [7, 11) is 1.37. The fourth-order valence-corrected chi connectivity index (χ4v) is 1.83. The van der Waals surface area contributed by atoms with Gasteiger partial charge >= 0.3 is 5.97 Å². The molecule has 0 bridgehead atoms. The Hall–Kier alpha value is -1.04. The second-order valence-electron chi connectivity index (χ2n) is 3.73. The van der Waals surface area contributed by atoms with Crippen molar-refractivity contribution in [3.63, 3.8) is 0 Å². The van der Waals surface area contributed by atoms with Crippen LogP contribution in [0.3, 0.4) is 0 Å². The minimum absolute atomic E-state index is 0.334. The Bertz CT molecular complexity index is 434. The number of esters is 1. The van der Waals surface area contributed by atoms with Gasteiger partial charge in [-0.05, 0) is 60.7 Å². The van der Waals surface area contributed by atoms with E-state index in [1.165, 1.54) is 12.7 Å². The Balaban J connectivity index is 2.76. The van der Waals surface area contributed by atoms with Crippen LogP contribution >= 0.6 is 22.6 Å². The summed E-state index contributed by atoms with van der Waals surface area (Å²) in [5.74, 6) is 0.439. The first kappa shape index (κ1) is 14.0. The average molecular weight is 346 g/mol. The highest BCUT2D eigenvalue weighted by atomic mass is 127. The minimum atomic E-state index is -0.334. The summed E-state index contributed by atoms with van der Waals surface area (Å²) < 4.78 is 11.1. The molecule has 17 heavy (non-hydrogen) atoms. The molecule has 1 aromatic carbocycles. The summed E-state index contributed by atoms with van der Waals surface area (Å²) >= 11 is 2.14. The fraction of sp³-hybridized carbons (Fsp3) is 0.308. The van der Waals surface area contributed by atoms with Crippen LogP contribution in [-0.4, -0.2) is 19.7 Å². The molecule has 0 aromatic heterocycles. The van der Waals surface area contributed by atoms with Gasteiger partial charge < -0.3 is 9.47 Å². The molecule has 92 valence electrons. The monoisotopic (exact) mass is 346 g/mol. The molecule has 0 atom stereocenters. The molecule has 0 unspecified atom stereocenters. The van der Waals surface area contributed by atoms with Gasteiger partial charge in [0.15, 0.2) is 0 Å². The van der Waals surface area contributed by atoms with Gasteiger partial charge in [-0.2, -0.15) is 0 Å². The van der Waals surface area contributed by atoms with Crippen molar-refractivity contribution < 1.29 is 14.3 Å². The predicted octanol–water partition coefficient (Wildman–Crippen LogP) is 3.42. The molecule has 0 saturated heterocycles. The number of hydrogen-bond donors (Lipinski definition) is 0. The number of benzene rings is 1.